The largest absolute Gasteiger partial charge is 0.481 e. The number of hydrogen-bond donors (Lipinski definition) is 2. The maximum Gasteiger partial charge on any atom is 0.317 e. The van der Waals surface area contributed by atoms with Crippen LogP contribution in [-0.2, 0) is 16.0 Å². The van der Waals surface area contributed by atoms with Crippen molar-refractivity contribution in [3.63, 3.8) is 0 Å². The summed E-state index contributed by atoms with van der Waals surface area (Å²) in [6.07, 6.45) is 2.79. The zero-order valence-electron chi connectivity index (χ0n) is 13.2. The van der Waals surface area contributed by atoms with E-state index in [1.165, 1.54) is 4.90 Å². The Morgan fingerprint density at radius 2 is 2.23 bits per heavy atom. The molecule has 1 heterocycles. The van der Waals surface area contributed by atoms with Gasteiger partial charge < -0.3 is 24.5 Å². The molecule has 1 aromatic rings. The van der Waals surface area contributed by atoms with Gasteiger partial charge in [-0.15, -0.1) is 0 Å². The number of aliphatic carboxylic acids is 1. The lowest BCUT2D eigenvalue weighted by molar-refractivity contribution is -0.141. The van der Waals surface area contributed by atoms with Crippen molar-refractivity contribution in [1.82, 2.24) is 10.2 Å². The molecule has 1 aromatic heterocycles. The predicted molar refractivity (Wildman–Crippen MR) is 80.7 cm³/mol. The maximum atomic E-state index is 12.2. The van der Waals surface area contributed by atoms with E-state index in [9.17, 15) is 9.59 Å². The average molecular weight is 312 g/mol. The van der Waals surface area contributed by atoms with Gasteiger partial charge in [-0.1, -0.05) is 6.92 Å². The van der Waals surface area contributed by atoms with Gasteiger partial charge in [-0.05, 0) is 18.6 Å². The number of nitrogens with one attached hydrogen (secondary N) is 1. The summed E-state index contributed by atoms with van der Waals surface area (Å²) >= 11 is 0. The molecule has 2 N–H and O–H groups in total. The van der Waals surface area contributed by atoms with Crippen molar-refractivity contribution in [2.45, 2.75) is 25.8 Å². The van der Waals surface area contributed by atoms with Gasteiger partial charge in [-0.25, -0.2) is 4.79 Å². The Hall–Kier alpha value is -2.02. The number of methoxy groups -OCH3 is 1. The zero-order chi connectivity index (χ0) is 16.5. The first-order valence-electron chi connectivity index (χ1n) is 7.19. The number of amides is 2. The van der Waals surface area contributed by atoms with Crippen LogP contribution in [-0.4, -0.2) is 55.4 Å². The zero-order valence-corrected chi connectivity index (χ0v) is 13.2. The molecule has 0 aliphatic rings. The van der Waals surface area contributed by atoms with Gasteiger partial charge in [0.2, 0.25) is 0 Å². The Morgan fingerprint density at radius 3 is 2.77 bits per heavy atom. The number of ether oxygens (including phenoxy) is 1. The molecule has 2 amide bonds. The fourth-order valence-corrected chi connectivity index (χ4v) is 2.01. The van der Waals surface area contributed by atoms with Crippen molar-refractivity contribution < 1.29 is 23.8 Å². The van der Waals surface area contributed by atoms with E-state index in [4.69, 9.17) is 14.3 Å². The highest BCUT2D eigenvalue weighted by Crippen LogP contribution is 2.08. The number of carbonyl (C=O) groups is 2. The summed E-state index contributed by atoms with van der Waals surface area (Å²) in [5.74, 6) is -0.757. The molecule has 0 spiro atoms. The molecule has 1 rings (SSSR count). The van der Waals surface area contributed by atoms with Crippen LogP contribution < -0.4 is 5.32 Å². The summed E-state index contributed by atoms with van der Waals surface area (Å²) in [5, 5.41) is 11.8. The second-order valence-corrected chi connectivity index (χ2v) is 5.33. The molecular formula is C15H24N2O5. The fraction of sp³-hybridized carbons (Fsp3) is 0.600. The number of rotatable bonds is 9. The number of carbonyl (C=O) groups excluding carboxylic acids is 1. The number of carboxylic acids is 1. The molecule has 0 radical (unpaired) electrons. The molecule has 7 nitrogen and oxygen atoms in total. The summed E-state index contributed by atoms with van der Waals surface area (Å²) in [5.41, 5.74) is 0. The van der Waals surface area contributed by atoms with Gasteiger partial charge in [0.25, 0.3) is 0 Å². The third-order valence-electron chi connectivity index (χ3n) is 3.34. The SMILES string of the molecule is COCCC(Cc1ccco1)NC(=O)N(C)CC(C)C(=O)O. The molecule has 2 atom stereocenters. The van der Waals surface area contributed by atoms with Gasteiger partial charge in [0.1, 0.15) is 5.76 Å². The second-order valence-electron chi connectivity index (χ2n) is 5.33. The van der Waals surface area contributed by atoms with E-state index in [1.54, 1.807) is 33.4 Å². The van der Waals surface area contributed by atoms with Gasteiger partial charge in [0.05, 0.1) is 12.2 Å². The summed E-state index contributed by atoms with van der Waals surface area (Å²) in [6, 6.07) is 3.20. The van der Waals surface area contributed by atoms with Crippen molar-refractivity contribution in [1.29, 1.82) is 0 Å². The number of carboxylic acid groups (broad SMARTS) is 1. The number of urea groups is 1. The molecule has 0 saturated carbocycles. The first kappa shape index (κ1) is 18.0. The van der Waals surface area contributed by atoms with E-state index in [-0.39, 0.29) is 18.6 Å². The van der Waals surface area contributed by atoms with Crippen LogP contribution in [0.4, 0.5) is 4.79 Å². The molecule has 7 heteroatoms. The van der Waals surface area contributed by atoms with Crippen LogP contribution >= 0.6 is 0 Å². The second kappa shape index (κ2) is 9.09. The summed E-state index contributed by atoms with van der Waals surface area (Å²) in [4.78, 5) is 24.4. The van der Waals surface area contributed by atoms with E-state index >= 15 is 0 Å². The quantitative estimate of drug-likeness (QED) is 0.722. The molecule has 0 fully saturated rings. The van der Waals surface area contributed by atoms with Gasteiger partial charge >= 0.3 is 12.0 Å². The third-order valence-corrected chi connectivity index (χ3v) is 3.34. The predicted octanol–water partition coefficient (Wildman–Crippen LogP) is 1.59. The first-order valence-corrected chi connectivity index (χ1v) is 7.19. The van der Waals surface area contributed by atoms with Gasteiger partial charge in [0.15, 0.2) is 0 Å². The van der Waals surface area contributed by atoms with Crippen LogP contribution in [0.1, 0.15) is 19.1 Å². The molecule has 0 aromatic carbocycles. The van der Waals surface area contributed by atoms with Crippen LogP contribution in [0.15, 0.2) is 22.8 Å². The molecule has 0 bridgehead atoms. The molecule has 0 saturated heterocycles. The van der Waals surface area contributed by atoms with Crippen molar-refractivity contribution in [2.24, 2.45) is 5.92 Å². The van der Waals surface area contributed by atoms with E-state index in [1.807, 2.05) is 6.07 Å². The van der Waals surface area contributed by atoms with Crippen molar-refractivity contribution >= 4 is 12.0 Å². The van der Waals surface area contributed by atoms with E-state index in [2.05, 4.69) is 5.32 Å². The Labute approximate surface area is 130 Å². The number of furan rings is 1. The normalized spacial score (nSPS) is 13.4. The van der Waals surface area contributed by atoms with Crippen LogP contribution in [0.3, 0.4) is 0 Å². The van der Waals surface area contributed by atoms with Crippen molar-refractivity contribution in [2.75, 3.05) is 27.3 Å². The van der Waals surface area contributed by atoms with Crippen LogP contribution in [0, 0.1) is 5.92 Å². The summed E-state index contributed by atoms with van der Waals surface area (Å²) in [6.45, 7) is 2.23. The van der Waals surface area contributed by atoms with E-state index < -0.39 is 11.9 Å². The average Bonchev–Trinajstić information content (AvgIpc) is 2.97. The van der Waals surface area contributed by atoms with Gasteiger partial charge in [-0.2, -0.15) is 0 Å². The highest BCUT2D eigenvalue weighted by molar-refractivity contribution is 5.76. The number of nitrogens with zero attached hydrogens (tertiary/aromatic N) is 1. The minimum atomic E-state index is -0.925. The highest BCUT2D eigenvalue weighted by Gasteiger charge is 2.20. The molecule has 124 valence electrons. The molecular weight excluding hydrogens is 288 g/mol. The third kappa shape index (κ3) is 6.17. The lowest BCUT2D eigenvalue weighted by atomic mass is 10.1. The Bertz CT molecular complexity index is 461. The fourth-order valence-electron chi connectivity index (χ4n) is 2.01. The lowest BCUT2D eigenvalue weighted by Gasteiger charge is -2.24. The number of hydrogen-bond acceptors (Lipinski definition) is 4. The lowest BCUT2D eigenvalue weighted by Crippen LogP contribution is -2.46. The van der Waals surface area contributed by atoms with Crippen molar-refractivity contribution in [3.8, 4) is 0 Å². The smallest absolute Gasteiger partial charge is 0.317 e. The summed E-state index contributed by atoms with van der Waals surface area (Å²) < 4.78 is 10.4. The Kier molecular flexibility index (Phi) is 7.45. The molecule has 2 unspecified atom stereocenters. The topological polar surface area (TPSA) is 92.0 Å². The van der Waals surface area contributed by atoms with Crippen LogP contribution in [0.5, 0.6) is 0 Å². The standard InChI is InChI=1S/C15H24N2O5/c1-11(14(18)19)10-17(2)15(20)16-12(6-8-21-3)9-13-5-4-7-22-13/h4-5,7,11-12H,6,8-10H2,1-3H3,(H,16,20)(H,18,19). The van der Waals surface area contributed by atoms with Gasteiger partial charge in [0, 0.05) is 39.8 Å². The molecule has 22 heavy (non-hydrogen) atoms. The minimum Gasteiger partial charge on any atom is -0.481 e. The van der Waals surface area contributed by atoms with Gasteiger partial charge in [-0.3, -0.25) is 4.79 Å². The first-order chi connectivity index (χ1) is 10.4. The monoisotopic (exact) mass is 312 g/mol. The Morgan fingerprint density at radius 1 is 1.50 bits per heavy atom. The minimum absolute atomic E-state index is 0.138. The van der Waals surface area contributed by atoms with Crippen LogP contribution in [0.25, 0.3) is 0 Å². The molecule has 0 aliphatic carbocycles. The highest BCUT2D eigenvalue weighted by atomic mass is 16.5. The van der Waals surface area contributed by atoms with E-state index in [0.29, 0.717) is 19.4 Å². The molecule has 0 aliphatic heterocycles. The summed E-state index contributed by atoms with van der Waals surface area (Å²) in [7, 11) is 3.18. The maximum absolute atomic E-state index is 12.2. The van der Waals surface area contributed by atoms with Crippen molar-refractivity contribution in [3.05, 3.63) is 24.2 Å². The van der Waals surface area contributed by atoms with E-state index in [0.717, 1.165) is 5.76 Å². The van der Waals surface area contributed by atoms with Crippen LogP contribution in [0.2, 0.25) is 0 Å². The Balaban J connectivity index is 2.55.